The van der Waals surface area contributed by atoms with Crippen molar-refractivity contribution < 1.29 is 61.9 Å². The molecule has 0 radical (unpaired) electrons. The SMILES string of the molecule is CCCCCCCCC(=O)N(CCCN(C)C)C(COC(=O)CCCCCCC(=O)OCC(COCCCCCC)OCCCCCC)COC(=O)CCCCCCC(=O)OCC(COCCCCCC)OCCCCCC. The lowest BCUT2D eigenvalue weighted by Crippen LogP contribution is -2.47. The highest BCUT2D eigenvalue weighted by Gasteiger charge is 2.27. The summed E-state index contributed by atoms with van der Waals surface area (Å²) in [5.41, 5.74) is 0. The standard InChI is InChI=1S/C63H120N2O13/c1-8-13-18-23-24-29-39-59(66)65(45-38-44-64(6)7)56(50-75-60(67)40-30-25-27-32-42-62(69)77-54-57(73-48-36-21-16-11-4)52-71-46-34-19-14-9-2)51-76-61(68)41-31-26-28-33-43-63(70)78-55-58(74-49-37-22-17-12-5)53-72-47-35-20-15-10-3/h56-58H,8-55H2,1-7H3. The molecule has 0 bridgehead atoms. The zero-order valence-corrected chi connectivity index (χ0v) is 51.4. The van der Waals surface area contributed by atoms with E-state index in [1.165, 1.54) is 44.9 Å². The van der Waals surface area contributed by atoms with Gasteiger partial charge in [0.25, 0.3) is 0 Å². The Hall–Kier alpha value is -2.85. The lowest BCUT2D eigenvalue weighted by Gasteiger charge is -2.32. The summed E-state index contributed by atoms with van der Waals surface area (Å²) >= 11 is 0. The minimum atomic E-state index is -0.614. The van der Waals surface area contributed by atoms with Crippen molar-refractivity contribution in [1.82, 2.24) is 9.80 Å². The van der Waals surface area contributed by atoms with Crippen LogP contribution in [0, 0.1) is 0 Å². The quantitative estimate of drug-likeness (QED) is 0.0321. The smallest absolute Gasteiger partial charge is 0.305 e. The van der Waals surface area contributed by atoms with Crippen molar-refractivity contribution >= 4 is 29.8 Å². The van der Waals surface area contributed by atoms with Gasteiger partial charge < -0.3 is 47.7 Å². The van der Waals surface area contributed by atoms with Gasteiger partial charge in [-0.05, 0) is 84.8 Å². The van der Waals surface area contributed by atoms with Gasteiger partial charge in [0.05, 0.1) is 19.3 Å². The summed E-state index contributed by atoms with van der Waals surface area (Å²) in [6, 6.07) is -0.614. The second kappa shape index (κ2) is 57.4. The number of carbonyl (C=O) groups is 5. The number of unbranched alkanes of at least 4 members (excludes halogenated alkanes) is 23. The topological polar surface area (TPSA) is 166 Å². The normalized spacial score (nSPS) is 12.6. The highest BCUT2D eigenvalue weighted by atomic mass is 16.6. The van der Waals surface area contributed by atoms with Crippen LogP contribution in [0.25, 0.3) is 0 Å². The molecule has 2 unspecified atom stereocenters. The molecule has 0 aromatic rings. The molecule has 15 nitrogen and oxygen atoms in total. The Kier molecular flexibility index (Phi) is 55.3. The molecule has 2 atom stereocenters. The van der Waals surface area contributed by atoms with Crippen molar-refractivity contribution in [1.29, 1.82) is 0 Å². The van der Waals surface area contributed by atoms with Crippen molar-refractivity contribution in [2.24, 2.45) is 0 Å². The Morgan fingerprint density at radius 1 is 0.321 bits per heavy atom. The zero-order valence-electron chi connectivity index (χ0n) is 51.4. The van der Waals surface area contributed by atoms with E-state index in [0.29, 0.717) is 91.1 Å². The number of esters is 4. The van der Waals surface area contributed by atoms with E-state index in [0.717, 1.165) is 135 Å². The van der Waals surface area contributed by atoms with Crippen LogP contribution in [-0.4, -0.2) is 151 Å². The van der Waals surface area contributed by atoms with Crippen molar-refractivity contribution in [2.75, 3.05) is 93.3 Å². The Bertz CT molecular complexity index is 1310. The fourth-order valence-corrected chi connectivity index (χ4v) is 8.86. The molecular weight excluding hydrogens is 993 g/mol. The Morgan fingerprint density at radius 2 is 0.628 bits per heavy atom. The van der Waals surface area contributed by atoms with E-state index in [1.54, 1.807) is 4.90 Å². The highest BCUT2D eigenvalue weighted by molar-refractivity contribution is 5.77. The molecule has 0 spiro atoms. The summed E-state index contributed by atoms with van der Waals surface area (Å²) in [4.78, 5) is 69.3. The lowest BCUT2D eigenvalue weighted by atomic mass is 10.1. The molecule has 0 N–H and O–H groups in total. The fraction of sp³-hybridized carbons (Fsp3) is 0.921. The Labute approximate surface area is 477 Å². The van der Waals surface area contributed by atoms with E-state index in [-0.39, 0.29) is 81.3 Å². The first-order valence-corrected chi connectivity index (χ1v) is 32.0. The molecule has 0 aliphatic heterocycles. The Morgan fingerprint density at radius 3 is 0.987 bits per heavy atom. The van der Waals surface area contributed by atoms with Gasteiger partial charge in [-0.15, -0.1) is 0 Å². The Balaban J connectivity index is 5.19. The monoisotopic (exact) mass is 1110 g/mol. The van der Waals surface area contributed by atoms with Crippen LogP contribution in [0.3, 0.4) is 0 Å². The van der Waals surface area contributed by atoms with Crippen LogP contribution in [0.15, 0.2) is 0 Å². The van der Waals surface area contributed by atoms with E-state index in [1.807, 2.05) is 14.1 Å². The molecule has 78 heavy (non-hydrogen) atoms. The molecule has 0 saturated heterocycles. The molecule has 0 aliphatic carbocycles. The average molecular weight is 1110 g/mol. The van der Waals surface area contributed by atoms with Gasteiger partial charge in [-0.25, -0.2) is 0 Å². The maximum absolute atomic E-state index is 13.9. The molecule has 0 heterocycles. The maximum atomic E-state index is 13.9. The van der Waals surface area contributed by atoms with Crippen LogP contribution in [-0.2, 0) is 61.9 Å². The number of ether oxygens (including phenoxy) is 8. The highest BCUT2D eigenvalue weighted by Crippen LogP contribution is 2.16. The number of carbonyl (C=O) groups excluding carboxylic acids is 5. The fourth-order valence-electron chi connectivity index (χ4n) is 8.86. The van der Waals surface area contributed by atoms with Crippen LogP contribution in [0.5, 0.6) is 0 Å². The number of hydrogen-bond acceptors (Lipinski definition) is 14. The van der Waals surface area contributed by atoms with Crippen LogP contribution in [0.4, 0.5) is 0 Å². The largest absolute Gasteiger partial charge is 0.463 e. The predicted octanol–water partition coefficient (Wildman–Crippen LogP) is 13.9. The van der Waals surface area contributed by atoms with Crippen LogP contribution < -0.4 is 0 Å². The predicted molar refractivity (Wildman–Crippen MR) is 314 cm³/mol. The molecular formula is C63H120N2O13. The van der Waals surface area contributed by atoms with Gasteiger partial charge in [-0.1, -0.05) is 169 Å². The number of rotatable bonds is 60. The summed E-state index contributed by atoms with van der Waals surface area (Å²) in [5.74, 6) is -1.27. The van der Waals surface area contributed by atoms with Gasteiger partial charge in [0.1, 0.15) is 38.6 Å². The van der Waals surface area contributed by atoms with Crippen LogP contribution in [0.1, 0.15) is 266 Å². The van der Waals surface area contributed by atoms with E-state index in [9.17, 15) is 24.0 Å². The molecule has 0 aromatic carbocycles. The summed E-state index contributed by atoms with van der Waals surface area (Å²) < 4.78 is 46.7. The lowest BCUT2D eigenvalue weighted by molar-refractivity contribution is -0.154. The van der Waals surface area contributed by atoms with E-state index >= 15 is 0 Å². The van der Waals surface area contributed by atoms with E-state index < -0.39 is 6.04 Å². The van der Waals surface area contributed by atoms with Gasteiger partial charge in [0, 0.05) is 65.1 Å². The van der Waals surface area contributed by atoms with Crippen LogP contribution in [0.2, 0.25) is 0 Å². The summed E-state index contributed by atoms with van der Waals surface area (Å²) in [6.07, 6.45) is 31.4. The third-order valence-corrected chi connectivity index (χ3v) is 13.9. The summed E-state index contributed by atoms with van der Waals surface area (Å²) in [6.45, 7) is 15.8. The first kappa shape index (κ1) is 75.2. The van der Waals surface area contributed by atoms with Gasteiger partial charge in [0.15, 0.2) is 0 Å². The van der Waals surface area contributed by atoms with Crippen molar-refractivity contribution in [3.05, 3.63) is 0 Å². The van der Waals surface area contributed by atoms with E-state index in [4.69, 9.17) is 37.9 Å². The molecule has 0 saturated carbocycles. The molecule has 460 valence electrons. The average Bonchev–Trinajstić information content (AvgIpc) is 3.42. The molecule has 0 aliphatic rings. The van der Waals surface area contributed by atoms with Crippen molar-refractivity contribution in [2.45, 2.75) is 284 Å². The number of amides is 1. The third kappa shape index (κ3) is 50.1. The zero-order chi connectivity index (χ0) is 57.4. The molecule has 0 rings (SSSR count). The summed E-state index contributed by atoms with van der Waals surface area (Å²) in [5, 5.41) is 0. The molecule has 0 aromatic heterocycles. The molecule has 0 fully saturated rings. The van der Waals surface area contributed by atoms with E-state index in [2.05, 4.69) is 39.5 Å². The van der Waals surface area contributed by atoms with Gasteiger partial charge >= 0.3 is 23.9 Å². The second-order valence-corrected chi connectivity index (χ2v) is 21.9. The first-order chi connectivity index (χ1) is 38.0. The van der Waals surface area contributed by atoms with Crippen LogP contribution >= 0.6 is 0 Å². The minimum Gasteiger partial charge on any atom is -0.463 e. The minimum absolute atomic E-state index is 0.0217. The van der Waals surface area contributed by atoms with Gasteiger partial charge in [-0.2, -0.15) is 0 Å². The second-order valence-electron chi connectivity index (χ2n) is 21.9. The first-order valence-electron chi connectivity index (χ1n) is 32.0. The number of hydrogen-bond donors (Lipinski definition) is 0. The van der Waals surface area contributed by atoms with Gasteiger partial charge in [0.2, 0.25) is 5.91 Å². The molecule has 15 heteroatoms. The molecule has 1 amide bonds. The third-order valence-electron chi connectivity index (χ3n) is 13.9. The number of nitrogens with zero attached hydrogens (tertiary/aromatic N) is 2. The van der Waals surface area contributed by atoms with Crippen molar-refractivity contribution in [3.63, 3.8) is 0 Å². The summed E-state index contributed by atoms with van der Waals surface area (Å²) in [7, 11) is 3.99. The maximum Gasteiger partial charge on any atom is 0.305 e. The van der Waals surface area contributed by atoms with Gasteiger partial charge in [-0.3, -0.25) is 24.0 Å². The van der Waals surface area contributed by atoms with Crippen molar-refractivity contribution in [3.8, 4) is 0 Å².